The van der Waals surface area contributed by atoms with Crippen LogP contribution in [-0.4, -0.2) is 16.7 Å². The molecule has 0 saturated carbocycles. The molecule has 0 saturated heterocycles. The summed E-state index contributed by atoms with van der Waals surface area (Å²) in [5.74, 6) is 0.749. The van der Waals surface area contributed by atoms with Gasteiger partial charge in [0.15, 0.2) is 0 Å². The lowest BCUT2D eigenvalue weighted by Gasteiger charge is -1.99. The lowest BCUT2D eigenvalue weighted by atomic mass is 10.1. The van der Waals surface area contributed by atoms with Crippen LogP contribution in [0.2, 0.25) is 0 Å². The topological polar surface area (TPSA) is 64.9 Å². The molecule has 5 heteroatoms. The van der Waals surface area contributed by atoms with E-state index in [0.717, 1.165) is 5.56 Å². The van der Waals surface area contributed by atoms with E-state index in [1.807, 2.05) is 6.92 Å². The number of hydrogen-bond acceptors (Lipinski definition) is 4. The van der Waals surface area contributed by atoms with Crippen molar-refractivity contribution in [1.82, 2.24) is 10.1 Å². The molecule has 2 N–H and O–H groups in total. The smallest absolute Gasteiger partial charge is 0.231 e. The zero-order chi connectivity index (χ0) is 12.4. The van der Waals surface area contributed by atoms with Gasteiger partial charge in [0.05, 0.1) is 0 Å². The number of halogens is 1. The quantitative estimate of drug-likeness (QED) is 0.886. The highest BCUT2D eigenvalue weighted by atomic mass is 19.1. The molecular weight excluding hydrogens is 221 g/mol. The molecule has 1 aromatic heterocycles. The monoisotopic (exact) mass is 235 g/mol. The fraction of sp³-hybridized carbons (Fsp3) is 0.333. The Bertz CT molecular complexity index is 524. The zero-order valence-electron chi connectivity index (χ0n) is 9.77. The minimum absolute atomic E-state index is 0.0257. The molecule has 2 aromatic rings. The van der Waals surface area contributed by atoms with Gasteiger partial charge in [-0.25, -0.2) is 4.39 Å². The first-order valence-corrected chi connectivity index (χ1v) is 5.42. The van der Waals surface area contributed by atoms with Crippen molar-refractivity contribution in [2.75, 3.05) is 6.54 Å². The molecule has 0 fully saturated rings. The number of hydrogen-bond donors (Lipinski definition) is 1. The molecule has 0 aliphatic rings. The maximum Gasteiger partial charge on any atom is 0.231 e. The third-order valence-corrected chi connectivity index (χ3v) is 2.63. The van der Waals surface area contributed by atoms with Gasteiger partial charge in [0, 0.05) is 18.0 Å². The molecule has 0 bridgehead atoms. The second kappa shape index (κ2) is 4.63. The number of aryl methyl sites for hydroxylation is 1. The highest BCUT2D eigenvalue weighted by molar-refractivity contribution is 5.55. The van der Waals surface area contributed by atoms with E-state index >= 15 is 0 Å². The van der Waals surface area contributed by atoms with Crippen molar-refractivity contribution in [3.05, 3.63) is 35.5 Å². The predicted octanol–water partition coefficient (Wildman–Crippen LogP) is 2.25. The van der Waals surface area contributed by atoms with Crippen molar-refractivity contribution >= 4 is 0 Å². The summed E-state index contributed by atoms with van der Waals surface area (Å²) in [4.78, 5) is 4.24. The third-order valence-electron chi connectivity index (χ3n) is 2.63. The Kier molecular flexibility index (Phi) is 3.19. The van der Waals surface area contributed by atoms with Crippen LogP contribution in [0.5, 0.6) is 0 Å². The molecule has 1 atom stereocenters. The van der Waals surface area contributed by atoms with E-state index in [-0.39, 0.29) is 11.7 Å². The Morgan fingerprint density at radius 2 is 2.24 bits per heavy atom. The molecule has 0 aliphatic heterocycles. The van der Waals surface area contributed by atoms with E-state index in [2.05, 4.69) is 10.1 Å². The highest BCUT2D eigenvalue weighted by Crippen LogP contribution is 2.21. The van der Waals surface area contributed by atoms with E-state index in [9.17, 15) is 4.39 Å². The second-order valence-electron chi connectivity index (χ2n) is 4.06. The van der Waals surface area contributed by atoms with E-state index < -0.39 is 0 Å². The molecule has 1 heterocycles. The molecule has 0 radical (unpaired) electrons. The first kappa shape index (κ1) is 11.7. The van der Waals surface area contributed by atoms with Gasteiger partial charge >= 0.3 is 0 Å². The Morgan fingerprint density at radius 1 is 1.47 bits per heavy atom. The standard InChI is InChI=1S/C12H14FN3O/c1-7-5-9(3-4-10(7)13)11-15-12(17-16-11)8(2)6-14/h3-5,8H,6,14H2,1-2H3. The van der Waals surface area contributed by atoms with Gasteiger partial charge in [-0.15, -0.1) is 0 Å². The van der Waals surface area contributed by atoms with Crippen molar-refractivity contribution in [3.8, 4) is 11.4 Å². The number of nitrogens with zero attached hydrogens (tertiary/aromatic N) is 2. The van der Waals surface area contributed by atoms with Crippen molar-refractivity contribution < 1.29 is 8.91 Å². The highest BCUT2D eigenvalue weighted by Gasteiger charge is 2.14. The molecule has 2 rings (SSSR count). The van der Waals surface area contributed by atoms with Gasteiger partial charge in [-0.2, -0.15) is 4.98 Å². The van der Waals surface area contributed by atoms with Crippen molar-refractivity contribution in [1.29, 1.82) is 0 Å². The van der Waals surface area contributed by atoms with Gasteiger partial charge in [0.2, 0.25) is 11.7 Å². The summed E-state index contributed by atoms with van der Waals surface area (Å²) >= 11 is 0. The molecule has 4 nitrogen and oxygen atoms in total. The van der Waals surface area contributed by atoms with E-state index in [1.165, 1.54) is 6.07 Å². The van der Waals surface area contributed by atoms with Crippen LogP contribution in [0.3, 0.4) is 0 Å². The van der Waals surface area contributed by atoms with Crippen LogP contribution in [0.15, 0.2) is 22.7 Å². The maximum atomic E-state index is 13.1. The maximum absolute atomic E-state index is 13.1. The first-order chi connectivity index (χ1) is 8.11. The van der Waals surface area contributed by atoms with Crippen molar-refractivity contribution in [2.24, 2.45) is 5.73 Å². The molecule has 1 unspecified atom stereocenters. The van der Waals surface area contributed by atoms with Crippen LogP contribution in [-0.2, 0) is 0 Å². The Balaban J connectivity index is 2.33. The Labute approximate surface area is 98.6 Å². The van der Waals surface area contributed by atoms with E-state index in [4.69, 9.17) is 10.3 Å². The van der Waals surface area contributed by atoms with Crippen LogP contribution in [0.4, 0.5) is 4.39 Å². The summed E-state index contributed by atoms with van der Waals surface area (Å²) in [6.45, 7) is 4.06. The largest absolute Gasteiger partial charge is 0.339 e. The van der Waals surface area contributed by atoms with Gasteiger partial charge in [-0.3, -0.25) is 0 Å². The first-order valence-electron chi connectivity index (χ1n) is 5.42. The van der Waals surface area contributed by atoms with Gasteiger partial charge in [-0.05, 0) is 30.7 Å². The van der Waals surface area contributed by atoms with E-state index in [1.54, 1.807) is 19.1 Å². The normalized spacial score (nSPS) is 12.7. The number of nitrogens with two attached hydrogens (primary N) is 1. The lowest BCUT2D eigenvalue weighted by Crippen LogP contribution is -2.08. The van der Waals surface area contributed by atoms with Crippen LogP contribution in [0, 0.1) is 12.7 Å². The van der Waals surface area contributed by atoms with Gasteiger partial charge in [-0.1, -0.05) is 12.1 Å². The average Bonchev–Trinajstić information content (AvgIpc) is 2.81. The number of rotatable bonds is 3. The molecule has 1 aromatic carbocycles. The average molecular weight is 235 g/mol. The molecule has 17 heavy (non-hydrogen) atoms. The summed E-state index contributed by atoms with van der Waals surface area (Å²) in [5.41, 5.74) is 6.81. The zero-order valence-corrected chi connectivity index (χ0v) is 9.77. The minimum Gasteiger partial charge on any atom is -0.339 e. The molecule has 90 valence electrons. The van der Waals surface area contributed by atoms with E-state index in [0.29, 0.717) is 23.8 Å². The Hall–Kier alpha value is -1.75. The number of aromatic nitrogens is 2. The molecule has 0 amide bonds. The van der Waals surface area contributed by atoms with Crippen molar-refractivity contribution in [3.63, 3.8) is 0 Å². The fourth-order valence-corrected chi connectivity index (χ4v) is 1.44. The Morgan fingerprint density at radius 3 is 2.88 bits per heavy atom. The summed E-state index contributed by atoms with van der Waals surface area (Å²) in [6, 6.07) is 4.72. The van der Waals surface area contributed by atoms with Gasteiger partial charge < -0.3 is 10.3 Å². The van der Waals surface area contributed by atoms with Crippen LogP contribution in [0.25, 0.3) is 11.4 Å². The van der Waals surface area contributed by atoms with Crippen LogP contribution in [0.1, 0.15) is 24.3 Å². The van der Waals surface area contributed by atoms with Crippen LogP contribution < -0.4 is 5.73 Å². The summed E-state index contributed by atoms with van der Waals surface area (Å²) in [5, 5.41) is 3.86. The van der Waals surface area contributed by atoms with Crippen LogP contribution >= 0.6 is 0 Å². The number of benzene rings is 1. The molecular formula is C12H14FN3O. The van der Waals surface area contributed by atoms with Gasteiger partial charge in [0.25, 0.3) is 0 Å². The van der Waals surface area contributed by atoms with Gasteiger partial charge in [0.1, 0.15) is 5.82 Å². The predicted molar refractivity (Wildman–Crippen MR) is 61.9 cm³/mol. The fourth-order valence-electron chi connectivity index (χ4n) is 1.44. The third kappa shape index (κ3) is 2.34. The summed E-state index contributed by atoms with van der Waals surface area (Å²) in [6.07, 6.45) is 0. The van der Waals surface area contributed by atoms with Crippen molar-refractivity contribution in [2.45, 2.75) is 19.8 Å². The molecule has 0 spiro atoms. The lowest BCUT2D eigenvalue weighted by molar-refractivity contribution is 0.361. The molecule has 0 aliphatic carbocycles. The SMILES string of the molecule is Cc1cc(-c2noc(C(C)CN)n2)ccc1F. The second-order valence-corrected chi connectivity index (χ2v) is 4.06. The summed E-state index contributed by atoms with van der Waals surface area (Å²) in [7, 11) is 0. The minimum atomic E-state index is -0.243. The summed E-state index contributed by atoms with van der Waals surface area (Å²) < 4.78 is 18.2.